The molecule has 0 bridgehead atoms. The molecule has 184 valence electrons. The first kappa shape index (κ1) is 25.7. The third-order valence-corrected chi connectivity index (χ3v) is 6.43. The lowest BCUT2D eigenvalue weighted by atomic mass is 10.0. The normalized spacial score (nSPS) is 14.2. The Morgan fingerprint density at radius 3 is 2.56 bits per heavy atom. The third-order valence-electron chi connectivity index (χ3n) is 5.20. The monoisotopic (exact) mass is 490 g/mol. The van der Waals surface area contributed by atoms with Crippen molar-refractivity contribution in [3.63, 3.8) is 0 Å². The second-order valence-electron chi connectivity index (χ2n) is 9.18. The maximum absolute atomic E-state index is 13.5. The van der Waals surface area contributed by atoms with Gasteiger partial charge in [-0.25, -0.2) is 9.18 Å². The lowest BCUT2D eigenvalue weighted by molar-refractivity contribution is -0.142. The van der Waals surface area contributed by atoms with Crippen molar-refractivity contribution in [1.82, 2.24) is 10.2 Å². The summed E-state index contributed by atoms with van der Waals surface area (Å²) in [6, 6.07) is 6.94. The second-order valence-corrected chi connectivity index (χ2v) is 10.4. The number of fused-ring (bicyclic) bond motifs is 1. The maximum Gasteiger partial charge on any atom is 0.408 e. The van der Waals surface area contributed by atoms with Gasteiger partial charge in [0.2, 0.25) is 5.91 Å². The number of thiophene rings is 1. The highest BCUT2D eigenvalue weighted by atomic mass is 32.1. The molecule has 0 spiro atoms. The summed E-state index contributed by atoms with van der Waals surface area (Å²) in [4.78, 5) is 41.5. The Labute approximate surface area is 203 Å². The number of rotatable bonds is 7. The molecule has 9 heteroatoms. The zero-order valence-electron chi connectivity index (χ0n) is 20.0. The largest absolute Gasteiger partial charge is 0.466 e. The van der Waals surface area contributed by atoms with Crippen molar-refractivity contribution in [3.05, 3.63) is 57.0 Å². The van der Waals surface area contributed by atoms with E-state index < -0.39 is 17.7 Å². The summed E-state index contributed by atoms with van der Waals surface area (Å²) in [5, 5.41) is 2.70. The minimum atomic E-state index is -0.862. The molecule has 1 aliphatic rings. The van der Waals surface area contributed by atoms with Gasteiger partial charge in [0.15, 0.2) is 0 Å². The number of carbonyl (C=O) groups excluding carboxylic acids is 3. The van der Waals surface area contributed by atoms with Gasteiger partial charge in [0.1, 0.15) is 17.5 Å². The van der Waals surface area contributed by atoms with E-state index in [0.29, 0.717) is 26.1 Å². The Bertz CT molecular complexity index is 1030. The van der Waals surface area contributed by atoms with Crippen LogP contribution in [-0.4, -0.2) is 47.7 Å². The van der Waals surface area contributed by atoms with E-state index in [1.54, 1.807) is 56.1 Å². The van der Waals surface area contributed by atoms with E-state index in [1.807, 2.05) is 6.07 Å². The number of hydrogen-bond acceptors (Lipinski definition) is 6. The van der Waals surface area contributed by atoms with E-state index in [2.05, 4.69) is 5.32 Å². The summed E-state index contributed by atoms with van der Waals surface area (Å²) < 4.78 is 23.7. The minimum Gasteiger partial charge on any atom is -0.466 e. The van der Waals surface area contributed by atoms with Crippen molar-refractivity contribution in [3.8, 4) is 0 Å². The molecule has 34 heavy (non-hydrogen) atoms. The fourth-order valence-corrected chi connectivity index (χ4v) is 4.91. The second kappa shape index (κ2) is 11.0. The van der Waals surface area contributed by atoms with E-state index in [-0.39, 0.29) is 30.5 Å². The van der Waals surface area contributed by atoms with Crippen molar-refractivity contribution >= 4 is 29.3 Å². The van der Waals surface area contributed by atoms with Gasteiger partial charge in [0, 0.05) is 29.3 Å². The van der Waals surface area contributed by atoms with Crippen molar-refractivity contribution < 1.29 is 28.2 Å². The van der Waals surface area contributed by atoms with Crippen LogP contribution in [0.4, 0.5) is 9.18 Å². The van der Waals surface area contributed by atoms with Crippen LogP contribution in [0.2, 0.25) is 0 Å². The lowest BCUT2D eigenvalue weighted by Crippen LogP contribution is -2.51. The quantitative estimate of drug-likeness (QED) is 0.593. The summed E-state index contributed by atoms with van der Waals surface area (Å²) in [6.07, 6.45) is 0.411. The van der Waals surface area contributed by atoms with Crippen LogP contribution in [-0.2, 0) is 44.9 Å². The summed E-state index contributed by atoms with van der Waals surface area (Å²) in [5.41, 5.74) is 1.02. The van der Waals surface area contributed by atoms with Crippen LogP contribution in [0.15, 0.2) is 30.3 Å². The SMILES string of the molecule is CCOC(=O)Cc1cc2c(s1)CCN(C(=O)[C@H](Cc1ccc(F)cc1)NC(=O)OC(C)(C)C)C2. The fourth-order valence-electron chi connectivity index (χ4n) is 3.75. The van der Waals surface area contributed by atoms with Crippen molar-refractivity contribution in [2.75, 3.05) is 13.2 Å². The van der Waals surface area contributed by atoms with E-state index in [9.17, 15) is 18.8 Å². The van der Waals surface area contributed by atoms with Gasteiger partial charge in [0.25, 0.3) is 0 Å². The number of amides is 2. The zero-order chi connectivity index (χ0) is 24.9. The van der Waals surface area contributed by atoms with Crippen LogP contribution < -0.4 is 5.32 Å². The molecule has 7 nitrogen and oxygen atoms in total. The van der Waals surface area contributed by atoms with E-state index in [0.717, 1.165) is 20.9 Å². The zero-order valence-corrected chi connectivity index (χ0v) is 20.8. The highest BCUT2D eigenvalue weighted by Gasteiger charge is 2.31. The van der Waals surface area contributed by atoms with E-state index in [1.165, 1.54) is 12.1 Å². The molecule has 1 N–H and O–H groups in total. The molecule has 0 saturated carbocycles. The van der Waals surface area contributed by atoms with Crippen LogP contribution in [0, 0.1) is 5.82 Å². The summed E-state index contributed by atoms with van der Waals surface area (Å²) in [7, 11) is 0. The Morgan fingerprint density at radius 1 is 1.21 bits per heavy atom. The average Bonchev–Trinajstić information content (AvgIpc) is 3.14. The number of benzene rings is 1. The number of halogens is 1. The number of esters is 1. The molecule has 0 saturated heterocycles. The molecule has 0 fully saturated rings. The number of alkyl carbamates (subject to hydrolysis) is 1. The van der Waals surface area contributed by atoms with Crippen molar-refractivity contribution in [2.45, 2.75) is 65.1 Å². The topological polar surface area (TPSA) is 84.9 Å². The third kappa shape index (κ3) is 7.28. The molecule has 1 aromatic heterocycles. The molecular weight excluding hydrogens is 459 g/mol. The molecule has 1 aliphatic heterocycles. The average molecular weight is 491 g/mol. The fraction of sp³-hybridized carbons (Fsp3) is 0.480. The molecule has 2 aromatic rings. The first-order valence-corrected chi connectivity index (χ1v) is 12.1. The number of carbonyl (C=O) groups is 3. The maximum atomic E-state index is 13.5. The Balaban J connectivity index is 1.73. The molecule has 0 unspecified atom stereocenters. The standard InChI is InChI=1S/C25H31FN2O5S/c1-5-32-22(29)14-19-13-17-15-28(11-10-21(17)34-19)23(30)20(27-24(31)33-25(2,3)4)12-16-6-8-18(26)9-7-16/h6-9,13,20H,5,10-12,14-15H2,1-4H3,(H,27,31)/t20-/m0/s1. The van der Waals surface area contributed by atoms with Gasteiger partial charge in [-0.3, -0.25) is 9.59 Å². The van der Waals surface area contributed by atoms with Gasteiger partial charge in [-0.15, -0.1) is 11.3 Å². The molecule has 2 heterocycles. The van der Waals surface area contributed by atoms with Crippen LogP contribution >= 0.6 is 11.3 Å². The van der Waals surface area contributed by atoms with Gasteiger partial charge in [-0.05, 0) is 63.4 Å². The summed E-state index contributed by atoms with van der Waals surface area (Å²) in [5.74, 6) is -0.875. The number of nitrogens with one attached hydrogen (secondary N) is 1. The first-order chi connectivity index (χ1) is 16.0. The van der Waals surface area contributed by atoms with Gasteiger partial charge >= 0.3 is 12.1 Å². The van der Waals surface area contributed by atoms with Crippen molar-refractivity contribution in [1.29, 1.82) is 0 Å². The molecule has 3 rings (SSSR count). The predicted octanol–water partition coefficient (Wildman–Crippen LogP) is 4.01. The van der Waals surface area contributed by atoms with Gasteiger partial charge < -0.3 is 19.7 Å². The highest BCUT2D eigenvalue weighted by molar-refractivity contribution is 7.12. The molecule has 1 atom stereocenters. The number of hydrogen-bond donors (Lipinski definition) is 1. The van der Waals surface area contributed by atoms with Crippen LogP contribution in [0.3, 0.4) is 0 Å². The number of ether oxygens (including phenoxy) is 2. The molecule has 0 aliphatic carbocycles. The predicted molar refractivity (Wildman–Crippen MR) is 127 cm³/mol. The summed E-state index contributed by atoms with van der Waals surface area (Å²) >= 11 is 1.57. The smallest absolute Gasteiger partial charge is 0.408 e. The van der Waals surface area contributed by atoms with Gasteiger partial charge in [-0.2, -0.15) is 0 Å². The Hall–Kier alpha value is -2.94. The van der Waals surface area contributed by atoms with Crippen LogP contribution in [0.5, 0.6) is 0 Å². The summed E-state index contributed by atoms with van der Waals surface area (Å²) in [6.45, 7) is 8.26. The molecule has 1 aromatic carbocycles. The van der Waals surface area contributed by atoms with E-state index >= 15 is 0 Å². The van der Waals surface area contributed by atoms with Gasteiger partial charge in [0.05, 0.1) is 13.0 Å². The lowest BCUT2D eigenvalue weighted by Gasteiger charge is -2.31. The van der Waals surface area contributed by atoms with E-state index in [4.69, 9.17) is 9.47 Å². The first-order valence-electron chi connectivity index (χ1n) is 11.3. The number of nitrogens with zero attached hydrogens (tertiary/aromatic N) is 1. The molecular formula is C25H31FN2O5S. The van der Waals surface area contributed by atoms with Crippen LogP contribution in [0.1, 0.15) is 48.6 Å². The minimum absolute atomic E-state index is 0.208. The van der Waals surface area contributed by atoms with Crippen LogP contribution in [0.25, 0.3) is 0 Å². The molecule has 0 radical (unpaired) electrons. The van der Waals surface area contributed by atoms with Crippen molar-refractivity contribution in [2.24, 2.45) is 0 Å². The highest BCUT2D eigenvalue weighted by Crippen LogP contribution is 2.29. The molecule has 2 amide bonds. The Kier molecular flexibility index (Phi) is 8.30. The Morgan fingerprint density at radius 2 is 1.91 bits per heavy atom. The van der Waals surface area contributed by atoms with Gasteiger partial charge in [-0.1, -0.05) is 12.1 Å².